The van der Waals surface area contributed by atoms with Gasteiger partial charge in [0.05, 0.1) is 0 Å². The summed E-state index contributed by atoms with van der Waals surface area (Å²) >= 11 is 0. The summed E-state index contributed by atoms with van der Waals surface area (Å²) in [5.41, 5.74) is 3.48. The van der Waals surface area contributed by atoms with E-state index in [1.165, 1.54) is 0 Å². The maximum absolute atomic E-state index is 12.6. The number of ether oxygens (including phenoxy) is 2. The van der Waals surface area contributed by atoms with Crippen molar-refractivity contribution in [2.45, 2.75) is 19.8 Å². The van der Waals surface area contributed by atoms with Crippen molar-refractivity contribution in [1.29, 1.82) is 0 Å². The minimum atomic E-state index is -0.208. The molecule has 0 aliphatic heterocycles. The van der Waals surface area contributed by atoms with Crippen molar-refractivity contribution in [1.82, 2.24) is 15.3 Å². The van der Waals surface area contributed by atoms with Crippen LogP contribution in [0, 0.1) is 0 Å². The molecule has 0 radical (unpaired) electrons. The molecule has 0 saturated carbocycles. The number of hydrogen-bond acceptors (Lipinski definition) is 5. The van der Waals surface area contributed by atoms with Crippen LogP contribution in [0.1, 0.15) is 27.0 Å². The summed E-state index contributed by atoms with van der Waals surface area (Å²) in [7, 11) is 0. The third kappa shape index (κ3) is 6.15. The lowest BCUT2D eigenvalue weighted by Crippen LogP contribution is -2.23. The highest BCUT2D eigenvalue weighted by Gasteiger charge is 2.08. The molecule has 0 aliphatic rings. The van der Waals surface area contributed by atoms with Crippen LogP contribution in [0.4, 0.5) is 0 Å². The van der Waals surface area contributed by atoms with Crippen molar-refractivity contribution in [3.63, 3.8) is 0 Å². The molecule has 0 fully saturated rings. The number of carbonyl (C=O) groups excluding carboxylic acids is 1. The molecule has 0 spiro atoms. The van der Waals surface area contributed by atoms with Crippen molar-refractivity contribution >= 4 is 5.91 Å². The van der Waals surface area contributed by atoms with E-state index in [0.29, 0.717) is 37.1 Å². The first-order chi connectivity index (χ1) is 15.8. The van der Waals surface area contributed by atoms with Crippen LogP contribution in [0.15, 0.2) is 97.3 Å². The Labute approximate surface area is 186 Å². The highest BCUT2D eigenvalue weighted by atomic mass is 16.5. The molecule has 0 bridgehead atoms. The molecule has 1 amide bonds. The van der Waals surface area contributed by atoms with E-state index in [2.05, 4.69) is 15.3 Å². The summed E-state index contributed by atoms with van der Waals surface area (Å²) in [5, 5.41) is 2.91. The minimum absolute atomic E-state index is 0.208. The van der Waals surface area contributed by atoms with Crippen LogP contribution >= 0.6 is 0 Å². The van der Waals surface area contributed by atoms with Gasteiger partial charge in [-0.25, -0.2) is 9.97 Å². The van der Waals surface area contributed by atoms with E-state index >= 15 is 0 Å². The molecule has 0 atom stereocenters. The largest absolute Gasteiger partial charge is 0.473 e. The quantitative estimate of drug-likeness (QED) is 0.425. The molecule has 2 aromatic carbocycles. The third-order valence-electron chi connectivity index (χ3n) is 4.71. The van der Waals surface area contributed by atoms with Crippen LogP contribution in [0.2, 0.25) is 0 Å². The van der Waals surface area contributed by atoms with Gasteiger partial charge >= 0.3 is 0 Å². The summed E-state index contributed by atoms with van der Waals surface area (Å²) in [4.78, 5) is 21.0. The summed E-state index contributed by atoms with van der Waals surface area (Å²) in [6.07, 6.45) is 3.24. The number of nitrogens with zero attached hydrogens (tertiary/aromatic N) is 2. The molecule has 2 heterocycles. The fourth-order valence-electron chi connectivity index (χ4n) is 3.02. The topological polar surface area (TPSA) is 73.3 Å². The van der Waals surface area contributed by atoms with Gasteiger partial charge < -0.3 is 14.8 Å². The zero-order valence-electron chi connectivity index (χ0n) is 17.5. The highest BCUT2D eigenvalue weighted by Crippen LogP contribution is 2.14. The Morgan fingerprint density at radius 2 is 1.25 bits per heavy atom. The third-order valence-corrected chi connectivity index (χ3v) is 4.71. The molecule has 160 valence electrons. The molecule has 0 saturated heterocycles. The molecule has 6 heteroatoms. The molecule has 32 heavy (non-hydrogen) atoms. The summed E-state index contributed by atoms with van der Waals surface area (Å²) in [6, 6.07) is 26.7. The maximum atomic E-state index is 12.6. The number of hydrogen-bond donors (Lipinski definition) is 1. The number of benzene rings is 2. The molecule has 2 aromatic heterocycles. The Kier molecular flexibility index (Phi) is 7.06. The summed E-state index contributed by atoms with van der Waals surface area (Å²) < 4.78 is 11.5. The lowest BCUT2D eigenvalue weighted by atomic mass is 10.2. The van der Waals surface area contributed by atoms with Gasteiger partial charge in [0, 0.05) is 36.6 Å². The molecular weight excluding hydrogens is 402 g/mol. The van der Waals surface area contributed by atoms with Gasteiger partial charge in [0.2, 0.25) is 11.8 Å². The first kappa shape index (κ1) is 21.1. The van der Waals surface area contributed by atoms with Crippen molar-refractivity contribution < 1.29 is 14.3 Å². The van der Waals surface area contributed by atoms with E-state index in [4.69, 9.17) is 9.47 Å². The predicted octanol–water partition coefficient (Wildman–Crippen LogP) is 4.56. The van der Waals surface area contributed by atoms with Gasteiger partial charge in [0.25, 0.3) is 5.91 Å². The van der Waals surface area contributed by atoms with Gasteiger partial charge in [0.1, 0.15) is 13.2 Å². The van der Waals surface area contributed by atoms with Crippen LogP contribution < -0.4 is 14.8 Å². The molecular formula is C26H23N3O3. The van der Waals surface area contributed by atoms with Gasteiger partial charge in [-0.3, -0.25) is 4.79 Å². The highest BCUT2D eigenvalue weighted by molar-refractivity contribution is 5.94. The van der Waals surface area contributed by atoms with E-state index in [1.54, 1.807) is 24.5 Å². The van der Waals surface area contributed by atoms with E-state index in [-0.39, 0.29) is 5.91 Å². The smallest absolute Gasteiger partial charge is 0.251 e. The molecule has 0 unspecified atom stereocenters. The van der Waals surface area contributed by atoms with E-state index < -0.39 is 0 Å². The molecule has 6 nitrogen and oxygen atoms in total. The van der Waals surface area contributed by atoms with Crippen LogP contribution in [-0.4, -0.2) is 15.9 Å². The lowest BCUT2D eigenvalue weighted by Gasteiger charge is -2.09. The second-order valence-electron chi connectivity index (χ2n) is 7.12. The van der Waals surface area contributed by atoms with Crippen molar-refractivity contribution in [3.8, 4) is 11.8 Å². The normalized spacial score (nSPS) is 10.4. The maximum Gasteiger partial charge on any atom is 0.251 e. The zero-order chi connectivity index (χ0) is 22.0. The Bertz CT molecular complexity index is 1150. The SMILES string of the molecule is O=C(NCc1ccnc(OCc2ccccc2)c1)c1ccnc(OCc2ccccc2)c1. The number of nitrogens with one attached hydrogen (secondary N) is 1. The first-order valence-electron chi connectivity index (χ1n) is 10.3. The number of carbonyl (C=O) groups is 1. The fourth-order valence-corrected chi connectivity index (χ4v) is 3.02. The van der Waals surface area contributed by atoms with Crippen LogP contribution in [0.3, 0.4) is 0 Å². The second kappa shape index (κ2) is 10.7. The van der Waals surface area contributed by atoms with E-state index in [9.17, 15) is 4.79 Å². The van der Waals surface area contributed by atoms with Gasteiger partial charge in [0.15, 0.2) is 0 Å². The summed E-state index contributed by atoms with van der Waals surface area (Å²) in [5.74, 6) is 0.712. The number of aromatic nitrogens is 2. The molecule has 4 rings (SSSR count). The monoisotopic (exact) mass is 425 g/mol. The number of pyridine rings is 2. The average Bonchev–Trinajstić information content (AvgIpc) is 2.86. The molecule has 4 aromatic rings. The zero-order valence-corrected chi connectivity index (χ0v) is 17.5. The van der Waals surface area contributed by atoms with Crippen LogP contribution in [0.5, 0.6) is 11.8 Å². The van der Waals surface area contributed by atoms with Crippen molar-refractivity contribution in [2.24, 2.45) is 0 Å². The van der Waals surface area contributed by atoms with Crippen molar-refractivity contribution in [3.05, 3.63) is 120 Å². The average molecular weight is 425 g/mol. The standard InChI is InChI=1S/C26H23N3O3/c30-26(23-12-14-28-25(16-23)32-19-21-9-5-2-6-10-21)29-17-22-11-13-27-24(15-22)31-18-20-7-3-1-4-8-20/h1-16H,17-19H2,(H,29,30). The number of rotatable bonds is 9. The molecule has 1 N–H and O–H groups in total. The first-order valence-corrected chi connectivity index (χ1v) is 10.3. The lowest BCUT2D eigenvalue weighted by molar-refractivity contribution is 0.0950. The summed E-state index contributed by atoms with van der Waals surface area (Å²) in [6.45, 7) is 1.18. The second-order valence-corrected chi connectivity index (χ2v) is 7.12. The Morgan fingerprint density at radius 3 is 1.88 bits per heavy atom. The molecule has 0 aliphatic carbocycles. The van der Waals surface area contributed by atoms with E-state index in [1.807, 2.05) is 72.8 Å². The van der Waals surface area contributed by atoms with Gasteiger partial charge in [-0.2, -0.15) is 0 Å². The van der Waals surface area contributed by atoms with Crippen LogP contribution in [-0.2, 0) is 19.8 Å². The predicted molar refractivity (Wildman–Crippen MR) is 121 cm³/mol. The minimum Gasteiger partial charge on any atom is -0.473 e. The van der Waals surface area contributed by atoms with Gasteiger partial charge in [-0.1, -0.05) is 60.7 Å². The van der Waals surface area contributed by atoms with E-state index in [0.717, 1.165) is 16.7 Å². The Balaban J connectivity index is 1.30. The van der Waals surface area contributed by atoms with Crippen LogP contribution in [0.25, 0.3) is 0 Å². The van der Waals surface area contributed by atoms with Crippen molar-refractivity contribution in [2.75, 3.05) is 0 Å². The van der Waals surface area contributed by atoms with Gasteiger partial charge in [-0.05, 0) is 28.8 Å². The Hall–Kier alpha value is -4.19. The van der Waals surface area contributed by atoms with Gasteiger partial charge in [-0.15, -0.1) is 0 Å². The fraction of sp³-hybridized carbons (Fsp3) is 0.115. The Morgan fingerprint density at radius 1 is 0.688 bits per heavy atom. The number of amides is 1.